The Morgan fingerprint density at radius 3 is 2.92 bits per heavy atom. The molecule has 0 saturated carbocycles. The van der Waals surface area contributed by atoms with Gasteiger partial charge in [0, 0.05) is 31.4 Å². The molecular formula is C19H24N4O3. The number of carbonyl (C=O) groups is 1. The topological polar surface area (TPSA) is 87.6 Å². The zero-order valence-corrected chi connectivity index (χ0v) is 14.9. The molecule has 1 aromatic carbocycles. The average molecular weight is 356 g/mol. The van der Waals surface area contributed by atoms with Gasteiger partial charge in [-0.3, -0.25) is 4.79 Å². The van der Waals surface area contributed by atoms with Crippen LogP contribution in [0.25, 0.3) is 0 Å². The zero-order valence-electron chi connectivity index (χ0n) is 14.9. The number of hydrogen-bond acceptors (Lipinski definition) is 6. The van der Waals surface area contributed by atoms with E-state index in [9.17, 15) is 9.90 Å². The van der Waals surface area contributed by atoms with Crippen LogP contribution in [0, 0.1) is 6.92 Å². The summed E-state index contributed by atoms with van der Waals surface area (Å²) in [5.74, 6) is 1.41. The third kappa shape index (κ3) is 4.92. The Labute approximate surface area is 153 Å². The first-order valence-electron chi connectivity index (χ1n) is 8.75. The van der Waals surface area contributed by atoms with Gasteiger partial charge in [0.15, 0.2) is 0 Å². The van der Waals surface area contributed by atoms with Gasteiger partial charge in [0.25, 0.3) is 0 Å². The van der Waals surface area contributed by atoms with Gasteiger partial charge in [-0.1, -0.05) is 18.2 Å². The first-order valence-corrected chi connectivity index (χ1v) is 8.75. The minimum absolute atomic E-state index is 0.134. The van der Waals surface area contributed by atoms with E-state index in [0.29, 0.717) is 26.1 Å². The molecule has 0 aliphatic carbocycles. The van der Waals surface area contributed by atoms with Crippen LogP contribution in [-0.2, 0) is 4.79 Å². The Morgan fingerprint density at radius 2 is 2.15 bits per heavy atom. The quantitative estimate of drug-likeness (QED) is 0.778. The van der Waals surface area contributed by atoms with E-state index in [1.165, 1.54) is 6.33 Å². The Balaban J connectivity index is 1.42. The summed E-state index contributed by atoms with van der Waals surface area (Å²) >= 11 is 0. The highest BCUT2D eigenvalue weighted by Crippen LogP contribution is 2.25. The van der Waals surface area contributed by atoms with Gasteiger partial charge in [-0.25, -0.2) is 9.97 Å². The van der Waals surface area contributed by atoms with E-state index in [1.54, 1.807) is 0 Å². The molecule has 1 aromatic heterocycles. The first kappa shape index (κ1) is 18.1. The fraction of sp³-hybridized carbons (Fsp3) is 0.421. The highest BCUT2D eigenvalue weighted by molar-refractivity contribution is 5.76. The van der Waals surface area contributed by atoms with Crippen molar-refractivity contribution in [3.8, 4) is 5.75 Å². The predicted molar refractivity (Wildman–Crippen MR) is 98.1 cm³/mol. The maximum atomic E-state index is 12.0. The molecule has 0 bridgehead atoms. The highest BCUT2D eigenvalue weighted by atomic mass is 16.5. The summed E-state index contributed by atoms with van der Waals surface area (Å²) in [7, 11) is 0. The minimum Gasteiger partial charge on any atom is -0.493 e. The molecule has 138 valence electrons. The lowest BCUT2D eigenvalue weighted by Crippen LogP contribution is -2.45. The molecule has 0 unspecified atom stereocenters. The lowest BCUT2D eigenvalue weighted by Gasteiger charge is -2.24. The summed E-state index contributed by atoms with van der Waals surface area (Å²) in [6.45, 7) is 3.56. The zero-order chi connectivity index (χ0) is 18.4. The molecule has 2 N–H and O–H groups in total. The van der Waals surface area contributed by atoms with Crippen LogP contribution in [0.5, 0.6) is 5.75 Å². The molecule has 1 aliphatic heterocycles. The van der Waals surface area contributed by atoms with Crippen molar-refractivity contribution in [2.75, 3.05) is 31.1 Å². The number of ether oxygens (including phenoxy) is 1. The number of benzene rings is 1. The van der Waals surface area contributed by atoms with E-state index < -0.39 is 5.60 Å². The number of amides is 1. The van der Waals surface area contributed by atoms with Crippen molar-refractivity contribution in [1.29, 1.82) is 0 Å². The second kappa shape index (κ2) is 8.14. The second-order valence-electron chi connectivity index (χ2n) is 6.60. The molecule has 1 aliphatic rings. The van der Waals surface area contributed by atoms with Crippen molar-refractivity contribution < 1.29 is 14.6 Å². The van der Waals surface area contributed by atoms with Crippen molar-refractivity contribution in [2.45, 2.75) is 25.4 Å². The summed E-state index contributed by atoms with van der Waals surface area (Å²) in [4.78, 5) is 22.3. The van der Waals surface area contributed by atoms with Gasteiger partial charge in [-0.15, -0.1) is 0 Å². The number of aryl methyl sites for hydroxylation is 1. The van der Waals surface area contributed by atoms with Gasteiger partial charge < -0.3 is 20.1 Å². The maximum Gasteiger partial charge on any atom is 0.223 e. The van der Waals surface area contributed by atoms with Gasteiger partial charge in [0.2, 0.25) is 5.91 Å². The van der Waals surface area contributed by atoms with Gasteiger partial charge in [-0.05, 0) is 25.5 Å². The summed E-state index contributed by atoms with van der Waals surface area (Å²) in [5, 5.41) is 13.5. The van der Waals surface area contributed by atoms with Gasteiger partial charge >= 0.3 is 0 Å². The number of carbonyl (C=O) groups excluding carboxylic acids is 1. The van der Waals surface area contributed by atoms with E-state index in [4.69, 9.17) is 4.74 Å². The first-order chi connectivity index (χ1) is 12.5. The van der Waals surface area contributed by atoms with Gasteiger partial charge in [0.1, 0.15) is 23.5 Å². The number of β-amino-alcohol motifs (C(OH)–C–C–N with tert-alkyl or cyclic N) is 1. The number of rotatable bonds is 7. The summed E-state index contributed by atoms with van der Waals surface area (Å²) < 4.78 is 5.51. The van der Waals surface area contributed by atoms with E-state index in [1.807, 2.05) is 48.2 Å². The average Bonchev–Trinajstić information content (AvgIpc) is 3.04. The molecule has 1 amide bonds. The lowest BCUT2D eigenvalue weighted by molar-refractivity contribution is -0.122. The number of anilines is 1. The molecule has 3 rings (SSSR count). The van der Waals surface area contributed by atoms with Crippen molar-refractivity contribution in [3.05, 3.63) is 48.4 Å². The molecule has 1 atom stereocenters. The van der Waals surface area contributed by atoms with Crippen molar-refractivity contribution in [2.24, 2.45) is 0 Å². The fourth-order valence-electron chi connectivity index (χ4n) is 2.94. The molecule has 26 heavy (non-hydrogen) atoms. The van der Waals surface area contributed by atoms with E-state index in [-0.39, 0.29) is 18.9 Å². The summed E-state index contributed by atoms with van der Waals surface area (Å²) in [6, 6.07) is 11.3. The normalized spacial score (nSPS) is 19.4. The standard InChI is InChI=1S/C19H24N4O3/c1-15-11-17(22-14-21-15)23-9-8-19(25,13-23)12-20-18(24)7-10-26-16-5-3-2-4-6-16/h2-6,11,14,25H,7-10,12-13H2,1H3,(H,20,24)/t19-/m1/s1. The van der Waals surface area contributed by atoms with Gasteiger partial charge in [-0.2, -0.15) is 0 Å². The maximum absolute atomic E-state index is 12.0. The van der Waals surface area contributed by atoms with E-state index in [0.717, 1.165) is 17.3 Å². The summed E-state index contributed by atoms with van der Waals surface area (Å²) in [6.07, 6.45) is 2.35. The third-order valence-electron chi connectivity index (χ3n) is 4.40. The van der Waals surface area contributed by atoms with Crippen molar-refractivity contribution >= 4 is 11.7 Å². The molecule has 0 radical (unpaired) electrons. The molecule has 1 fully saturated rings. The van der Waals surface area contributed by atoms with Crippen molar-refractivity contribution in [3.63, 3.8) is 0 Å². The van der Waals surface area contributed by atoms with Crippen LogP contribution in [0.4, 0.5) is 5.82 Å². The number of aromatic nitrogens is 2. The largest absolute Gasteiger partial charge is 0.493 e. The van der Waals surface area contributed by atoms with E-state index in [2.05, 4.69) is 15.3 Å². The number of para-hydroxylation sites is 1. The minimum atomic E-state index is -0.950. The number of hydrogen-bond donors (Lipinski definition) is 2. The SMILES string of the molecule is Cc1cc(N2CC[C@@](O)(CNC(=O)CCOc3ccccc3)C2)ncn1. The van der Waals surface area contributed by atoms with Gasteiger partial charge in [0.05, 0.1) is 13.0 Å². The van der Waals surface area contributed by atoms with Crippen LogP contribution in [0.1, 0.15) is 18.5 Å². The molecule has 1 saturated heterocycles. The molecular weight excluding hydrogens is 332 g/mol. The van der Waals surface area contributed by atoms with Crippen LogP contribution in [0.3, 0.4) is 0 Å². The Kier molecular flexibility index (Phi) is 5.68. The van der Waals surface area contributed by atoms with Crippen LogP contribution in [0.2, 0.25) is 0 Å². The van der Waals surface area contributed by atoms with Crippen LogP contribution in [0.15, 0.2) is 42.7 Å². The number of nitrogens with one attached hydrogen (secondary N) is 1. The van der Waals surface area contributed by atoms with Crippen molar-refractivity contribution in [1.82, 2.24) is 15.3 Å². The van der Waals surface area contributed by atoms with E-state index >= 15 is 0 Å². The number of nitrogens with zero attached hydrogens (tertiary/aromatic N) is 3. The van der Waals surface area contributed by atoms with Crippen LogP contribution in [-0.4, -0.2) is 52.8 Å². The predicted octanol–water partition coefficient (Wildman–Crippen LogP) is 1.31. The van der Waals surface area contributed by atoms with Crippen LogP contribution >= 0.6 is 0 Å². The Morgan fingerprint density at radius 1 is 1.35 bits per heavy atom. The highest BCUT2D eigenvalue weighted by Gasteiger charge is 2.36. The second-order valence-corrected chi connectivity index (χ2v) is 6.60. The molecule has 7 heteroatoms. The molecule has 0 spiro atoms. The smallest absolute Gasteiger partial charge is 0.223 e. The van der Waals surface area contributed by atoms with Crippen LogP contribution < -0.4 is 15.0 Å². The lowest BCUT2D eigenvalue weighted by atomic mass is 10.0. The Hall–Kier alpha value is -2.67. The molecule has 2 heterocycles. The molecule has 2 aromatic rings. The Bertz CT molecular complexity index is 741. The summed E-state index contributed by atoms with van der Waals surface area (Å²) in [5.41, 5.74) is -0.0633. The fourth-order valence-corrected chi connectivity index (χ4v) is 2.94. The third-order valence-corrected chi connectivity index (χ3v) is 4.40. The number of aliphatic hydroxyl groups is 1. The molecule has 7 nitrogen and oxygen atoms in total. The monoisotopic (exact) mass is 356 g/mol.